The zero-order chi connectivity index (χ0) is 16.2. The molecule has 0 saturated heterocycles. The van der Waals surface area contributed by atoms with E-state index in [0.29, 0.717) is 17.3 Å². The molecule has 0 saturated carbocycles. The van der Waals surface area contributed by atoms with Crippen LogP contribution in [0.4, 0.5) is 0 Å². The fraction of sp³-hybridized carbons (Fsp3) is 0.176. The van der Waals surface area contributed by atoms with Crippen LogP contribution in [0.15, 0.2) is 53.3 Å². The summed E-state index contributed by atoms with van der Waals surface area (Å²) in [6.45, 7) is 3.80. The molecule has 0 bridgehead atoms. The van der Waals surface area contributed by atoms with Crippen molar-refractivity contribution in [3.8, 4) is 11.4 Å². The second kappa shape index (κ2) is 6.39. The number of pyridine rings is 1. The predicted octanol–water partition coefficient (Wildman–Crippen LogP) is 2.93. The first-order valence-electron chi connectivity index (χ1n) is 7.25. The number of aromatic nitrogens is 3. The van der Waals surface area contributed by atoms with Gasteiger partial charge in [0, 0.05) is 23.5 Å². The summed E-state index contributed by atoms with van der Waals surface area (Å²) >= 11 is 0. The van der Waals surface area contributed by atoms with Crippen molar-refractivity contribution in [3.05, 3.63) is 65.8 Å². The molecule has 116 valence electrons. The van der Waals surface area contributed by atoms with Gasteiger partial charge in [-0.3, -0.25) is 9.78 Å². The summed E-state index contributed by atoms with van der Waals surface area (Å²) in [5.74, 6) is 0.660. The van der Waals surface area contributed by atoms with Crippen LogP contribution in [0.3, 0.4) is 0 Å². The van der Waals surface area contributed by atoms with E-state index < -0.39 is 0 Å². The molecule has 1 atom stereocenters. The van der Waals surface area contributed by atoms with Crippen LogP contribution in [-0.2, 0) is 0 Å². The Morgan fingerprint density at radius 1 is 1.22 bits per heavy atom. The molecule has 0 spiro atoms. The number of amides is 1. The second-order valence-corrected chi connectivity index (χ2v) is 5.26. The largest absolute Gasteiger partial charge is 0.341 e. The highest BCUT2D eigenvalue weighted by Crippen LogP contribution is 2.19. The lowest BCUT2D eigenvalue weighted by atomic mass is 10.1. The third kappa shape index (κ3) is 3.42. The van der Waals surface area contributed by atoms with Crippen LogP contribution in [0.2, 0.25) is 0 Å². The normalized spacial score (nSPS) is 11.9. The number of nitrogens with one attached hydrogen (secondary N) is 1. The lowest BCUT2D eigenvalue weighted by Crippen LogP contribution is -2.26. The minimum absolute atomic E-state index is 0.213. The van der Waals surface area contributed by atoms with Gasteiger partial charge in [0.05, 0.1) is 0 Å². The molecule has 0 fully saturated rings. The maximum Gasteiger partial charge on any atom is 0.252 e. The third-order valence-corrected chi connectivity index (χ3v) is 3.38. The van der Waals surface area contributed by atoms with Crippen LogP contribution in [0.5, 0.6) is 0 Å². The van der Waals surface area contributed by atoms with Crippen molar-refractivity contribution < 1.29 is 9.32 Å². The fourth-order valence-corrected chi connectivity index (χ4v) is 2.16. The molecule has 0 aliphatic rings. The second-order valence-electron chi connectivity index (χ2n) is 5.26. The maximum absolute atomic E-state index is 12.1. The van der Waals surface area contributed by atoms with Crippen molar-refractivity contribution in [1.29, 1.82) is 0 Å². The molecule has 2 aromatic heterocycles. The van der Waals surface area contributed by atoms with Crippen molar-refractivity contribution in [2.45, 2.75) is 19.9 Å². The molecule has 0 radical (unpaired) electrons. The summed E-state index contributed by atoms with van der Waals surface area (Å²) in [6, 6.07) is 10.7. The molecule has 6 nitrogen and oxygen atoms in total. The van der Waals surface area contributed by atoms with Gasteiger partial charge in [0.25, 0.3) is 5.91 Å². The van der Waals surface area contributed by atoms with E-state index in [1.54, 1.807) is 31.5 Å². The monoisotopic (exact) mass is 308 g/mol. The molecule has 1 aromatic carbocycles. The fourth-order valence-electron chi connectivity index (χ4n) is 2.16. The Morgan fingerprint density at radius 2 is 2.00 bits per heavy atom. The van der Waals surface area contributed by atoms with Gasteiger partial charge in [-0.1, -0.05) is 28.9 Å². The zero-order valence-electron chi connectivity index (χ0n) is 12.9. The van der Waals surface area contributed by atoms with Crippen molar-refractivity contribution in [3.63, 3.8) is 0 Å². The van der Waals surface area contributed by atoms with Crippen molar-refractivity contribution >= 4 is 5.91 Å². The number of hydrogen-bond donors (Lipinski definition) is 1. The van der Waals surface area contributed by atoms with Crippen molar-refractivity contribution in [2.75, 3.05) is 0 Å². The molecule has 3 rings (SSSR count). The number of rotatable bonds is 4. The molecule has 2 heterocycles. The Hall–Kier alpha value is -3.02. The van der Waals surface area contributed by atoms with E-state index in [2.05, 4.69) is 20.4 Å². The number of aryl methyl sites for hydroxylation is 1. The summed E-state index contributed by atoms with van der Waals surface area (Å²) < 4.78 is 5.27. The van der Waals surface area contributed by atoms with E-state index in [0.717, 1.165) is 11.1 Å². The Morgan fingerprint density at radius 3 is 2.74 bits per heavy atom. The lowest BCUT2D eigenvalue weighted by molar-refractivity contribution is 0.0932. The number of carbonyl (C=O) groups is 1. The van der Waals surface area contributed by atoms with Gasteiger partial charge in [-0.2, -0.15) is 4.98 Å². The highest BCUT2D eigenvalue weighted by atomic mass is 16.5. The van der Waals surface area contributed by atoms with Crippen LogP contribution in [0.1, 0.15) is 34.8 Å². The van der Waals surface area contributed by atoms with E-state index in [-0.39, 0.29) is 11.9 Å². The summed E-state index contributed by atoms with van der Waals surface area (Å²) in [5, 5.41) is 6.81. The number of carbonyl (C=O) groups excluding carboxylic acids is 1. The first-order valence-corrected chi connectivity index (χ1v) is 7.25. The van der Waals surface area contributed by atoms with Gasteiger partial charge in [0.15, 0.2) is 0 Å². The molecule has 23 heavy (non-hydrogen) atoms. The summed E-state index contributed by atoms with van der Waals surface area (Å²) in [5.41, 5.74) is 2.53. The highest BCUT2D eigenvalue weighted by Gasteiger charge is 2.18. The summed E-state index contributed by atoms with van der Waals surface area (Å²) in [7, 11) is 0. The molecule has 3 aromatic rings. The zero-order valence-corrected chi connectivity index (χ0v) is 12.9. The van der Waals surface area contributed by atoms with Crippen molar-refractivity contribution in [1.82, 2.24) is 20.4 Å². The average Bonchev–Trinajstić information content (AvgIpc) is 3.06. The SMILES string of the molecule is Cc1cccc(-c2noc([C@@H](C)NC(=O)c3ccncc3)n2)c1. The maximum atomic E-state index is 12.1. The summed E-state index contributed by atoms with van der Waals surface area (Å²) in [6.07, 6.45) is 3.14. The van der Waals surface area contributed by atoms with Crippen LogP contribution < -0.4 is 5.32 Å². The van der Waals surface area contributed by atoms with E-state index in [4.69, 9.17) is 4.52 Å². The first kappa shape index (κ1) is 14.9. The number of hydrogen-bond acceptors (Lipinski definition) is 5. The molecule has 0 unspecified atom stereocenters. The van der Waals surface area contributed by atoms with Gasteiger partial charge in [-0.05, 0) is 32.0 Å². The Bertz CT molecular complexity index is 814. The van der Waals surface area contributed by atoms with E-state index in [1.807, 2.05) is 31.2 Å². The third-order valence-electron chi connectivity index (χ3n) is 3.38. The minimum Gasteiger partial charge on any atom is -0.341 e. The van der Waals surface area contributed by atoms with Crippen molar-refractivity contribution in [2.24, 2.45) is 0 Å². The van der Waals surface area contributed by atoms with E-state index >= 15 is 0 Å². The van der Waals surface area contributed by atoms with Gasteiger partial charge in [-0.25, -0.2) is 0 Å². The molecular formula is C17H16N4O2. The topological polar surface area (TPSA) is 80.9 Å². The Balaban J connectivity index is 1.74. The first-order chi connectivity index (χ1) is 11.1. The van der Waals surface area contributed by atoms with Crippen LogP contribution >= 0.6 is 0 Å². The molecule has 1 amide bonds. The summed E-state index contributed by atoms with van der Waals surface area (Å²) in [4.78, 5) is 20.4. The van der Waals surface area contributed by atoms with Crippen LogP contribution in [0, 0.1) is 6.92 Å². The van der Waals surface area contributed by atoms with Gasteiger partial charge in [0.2, 0.25) is 11.7 Å². The number of benzene rings is 1. The molecule has 6 heteroatoms. The molecule has 0 aliphatic heterocycles. The lowest BCUT2D eigenvalue weighted by Gasteiger charge is -2.09. The van der Waals surface area contributed by atoms with Gasteiger partial charge in [0.1, 0.15) is 6.04 Å². The Kier molecular flexibility index (Phi) is 4.14. The minimum atomic E-state index is -0.387. The average molecular weight is 308 g/mol. The van der Waals surface area contributed by atoms with Crippen LogP contribution in [0.25, 0.3) is 11.4 Å². The smallest absolute Gasteiger partial charge is 0.252 e. The number of nitrogens with zero attached hydrogens (tertiary/aromatic N) is 3. The van der Waals surface area contributed by atoms with E-state index in [9.17, 15) is 4.79 Å². The molecule has 0 aliphatic carbocycles. The quantitative estimate of drug-likeness (QED) is 0.801. The van der Waals surface area contributed by atoms with Crippen LogP contribution in [-0.4, -0.2) is 21.0 Å². The molecular weight excluding hydrogens is 292 g/mol. The van der Waals surface area contributed by atoms with Gasteiger partial charge < -0.3 is 9.84 Å². The van der Waals surface area contributed by atoms with E-state index in [1.165, 1.54) is 0 Å². The predicted molar refractivity (Wildman–Crippen MR) is 84.6 cm³/mol. The van der Waals surface area contributed by atoms with Gasteiger partial charge in [-0.15, -0.1) is 0 Å². The Labute approximate surface area is 133 Å². The highest BCUT2D eigenvalue weighted by molar-refractivity contribution is 5.94. The van der Waals surface area contributed by atoms with Gasteiger partial charge >= 0.3 is 0 Å². The molecule has 1 N–H and O–H groups in total. The standard InChI is InChI=1S/C17H16N4O2/c1-11-4-3-5-14(10-11)15-20-17(23-21-15)12(2)19-16(22)13-6-8-18-9-7-13/h3-10,12H,1-2H3,(H,19,22)/t12-/m1/s1.